The molecule has 222 valence electrons. The summed E-state index contributed by atoms with van der Waals surface area (Å²) in [6.07, 6.45) is 16.3. The topological polar surface area (TPSA) is 105 Å². The van der Waals surface area contributed by atoms with Gasteiger partial charge in [-0.1, -0.05) is 104 Å². The molecule has 0 aliphatic rings. The van der Waals surface area contributed by atoms with Gasteiger partial charge in [0.2, 0.25) is 0 Å². The molecule has 0 aliphatic carbocycles. The van der Waals surface area contributed by atoms with E-state index in [4.69, 9.17) is 13.8 Å². The minimum Gasteiger partial charge on any atom is -0.756 e. The molecule has 0 saturated heterocycles. The van der Waals surface area contributed by atoms with E-state index in [0.717, 1.165) is 25.7 Å². The average molecular weight is 552 g/mol. The number of carbonyl (C=O) groups excluding carboxylic acids is 1. The van der Waals surface area contributed by atoms with Gasteiger partial charge in [0.15, 0.2) is 6.10 Å². The first-order valence-electron chi connectivity index (χ1n) is 14.8. The number of esters is 1. The van der Waals surface area contributed by atoms with Crippen LogP contribution in [0.3, 0.4) is 0 Å². The quantitative estimate of drug-likeness (QED) is 0.0596. The first-order valence-corrected chi connectivity index (χ1v) is 16.3. The highest BCUT2D eigenvalue weighted by Gasteiger charge is 2.29. The van der Waals surface area contributed by atoms with Gasteiger partial charge in [-0.05, 0) is 12.8 Å². The number of quaternary nitrogens is 1. The Hall–Kier alpha value is -0.500. The number of likely N-dealkylation sites (N-methyl/N-ethyl adjacent to an activating group) is 1. The molecule has 0 fully saturated rings. The second-order valence-corrected chi connectivity index (χ2v) is 12.6. The van der Waals surface area contributed by atoms with Crippen molar-refractivity contribution in [1.29, 1.82) is 0 Å². The van der Waals surface area contributed by atoms with Crippen molar-refractivity contribution in [2.24, 2.45) is 0 Å². The molecule has 3 atom stereocenters. The number of hydrogen-bond acceptors (Lipinski definition) is 7. The number of nitrogens with zero attached hydrogens (tertiary/aromatic N) is 1. The van der Waals surface area contributed by atoms with Crippen molar-refractivity contribution in [3.05, 3.63) is 0 Å². The summed E-state index contributed by atoms with van der Waals surface area (Å²) in [5.74, 6) is -0.470. The van der Waals surface area contributed by atoms with Crippen LogP contribution in [-0.2, 0) is 23.1 Å². The molecule has 0 aliphatic heterocycles. The number of aliphatic hydroxyl groups excluding tert-OH is 1. The van der Waals surface area contributed by atoms with Crippen molar-refractivity contribution in [2.75, 3.05) is 40.9 Å². The molecule has 0 heterocycles. The average Bonchev–Trinajstić information content (AvgIpc) is 2.81. The van der Waals surface area contributed by atoms with Crippen molar-refractivity contribution in [3.8, 4) is 0 Å². The molecule has 0 rings (SSSR count). The number of rotatable bonds is 26. The van der Waals surface area contributed by atoms with E-state index in [1.807, 2.05) is 28.1 Å². The first kappa shape index (κ1) is 36.5. The molecule has 37 heavy (non-hydrogen) atoms. The zero-order valence-electron chi connectivity index (χ0n) is 24.6. The van der Waals surface area contributed by atoms with Crippen LogP contribution in [0.1, 0.15) is 123 Å². The van der Waals surface area contributed by atoms with Crippen LogP contribution in [0, 0.1) is 0 Å². The highest BCUT2D eigenvalue weighted by Crippen LogP contribution is 2.41. The maximum absolute atomic E-state index is 12.5. The lowest BCUT2D eigenvalue weighted by Crippen LogP contribution is -2.39. The highest BCUT2D eigenvalue weighted by atomic mass is 31.2. The molecular weight excluding hydrogens is 493 g/mol. The molecule has 0 saturated carbocycles. The molecule has 8 nitrogen and oxygen atoms in total. The predicted molar refractivity (Wildman–Crippen MR) is 148 cm³/mol. The Morgan fingerprint density at radius 2 is 1.30 bits per heavy atom. The van der Waals surface area contributed by atoms with Crippen molar-refractivity contribution in [2.45, 2.75) is 135 Å². The lowest BCUT2D eigenvalue weighted by Gasteiger charge is -2.33. The number of phosphoric acid groups is 1. The van der Waals surface area contributed by atoms with E-state index < -0.39 is 32.6 Å². The second-order valence-electron chi connectivity index (χ2n) is 11.3. The van der Waals surface area contributed by atoms with E-state index in [-0.39, 0.29) is 13.0 Å². The van der Waals surface area contributed by atoms with Gasteiger partial charge in [-0.3, -0.25) is 9.36 Å². The molecular formula is C28H58NO7P. The summed E-state index contributed by atoms with van der Waals surface area (Å²) in [7, 11) is 1.20. The zero-order chi connectivity index (χ0) is 28.0. The van der Waals surface area contributed by atoms with Gasteiger partial charge in [0.25, 0.3) is 7.82 Å². The Morgan fingerprint density at radius 1 is 0.811 bits per heavy atom. The maximum atomic E-state index is 12.5. The Labute approximate surface area is 227 Å². The molecule has 0 aromatic carbocycles. The van der Waals surface area contributed by atoms with E-state index >= 15 is 0 Å². The molecule has 0 aromatic heterocycles. The molecule has 0 aromatic rings. The minimum atomic E-state index is -4.61. The molecule has 9 heteroatoms. The maximum Gasteiger partial charge on any atom is 0.306 e. The van der Waals surface area contributed by atoms with Gasteiger partial charge in [-0.2, -0.15) is 0 Å². The van der Waals surface area contributed by atoms with E-state index in [9.17, 15) is 19.4 Å². The third-order valence-corrected chi connectivity index (χ3v) is 7.48. The Balaban J connectivity index is 4.43. The number of unbranched alkanes of at least 4 members (excludes halogenated alkanes) is 13. The number of hydrogen-bond donors (Lipinski definition) is 1. The molecule has 0 radical (unpaired) electrons. The van der Waals surface area contributed by atoms with Gasteiger partial charge < -0.3 is 28.3 Å². The van der Waals surface area contributed by atoms with Crippen molar-refractivity contribution in [3.63, 3.8) is 0 Å². The van der Waals surface area contributed by atoms with Gasteiger partial charge >= 0.3 is 5.97 Å². The smallest absolute Gasteiger partial charge is 0.306 e. The van der Waals surface area contributed by atoms with Crippen LogP contribution in [0.15, 0.2) is 0 Å². The molecule has 0 spiro atoms. The van der Waals surface area contributed by atoms with E-state index in [0.29, 0.717) is 23.9 Å². The zero-order valence-corrected chi connectivity index (χ0v) is 25.5. The normalized spacial score (nSPS) is 15.3. The Bertz CT molecular complexity index is 598. The third kappa shape index (κ3) is 23.1. The summed E-state index contributed by atoms with van der Waals surface area (Å²) in [4.78, 5) is 24.5. The molecule has 0 amide bonds. The van der Waals surface area contributed by atoms with Crippen LogP contribution in [0.4, 0.5) is 0 Å². The number of carbonyl (C=O) groups is 1. The first-order chi connectivity index (χ1) is 17.5. The lowest BCUT2D eigenvalue weighted by molar-refractivity contribution is -0.870. The fourth-order valence-electron chi connectivity index (χ4n) is 4.13. The summed E-state index contributed by atoms with van der Waals surface area (Å²) in [5, 5.41) is 9.82. The Kier molecular flexibility index (Phi) is 22.0. The fraction of sp³-hybridized carbons (Fsp3) is 0.964. The van der Waals surface area contributed by atoms with Crippen LogP contribution < -0.4 is 4.89 Å². The summed E-state index contributed by atoms with van der Waals surface area (Å²) in [6.45, 7) is 4.09. The van der Waals surface area contributed by atoms with Gasteiger partial charge in [-0.25, -0.2) is 0 Å². The van der Waals surface area contributed by atoms with Gasteiger partial charge in [0.1, 0.15) is 19.3 Å². The van der Waals surface area contributed by atoms with Crippen LogP contribution in [0.2, 0.25) is 0 Å². The number of aliphatic hydroxyl groups is 1. The molecule has 1 N–H and O–H groups in total. The highest BCUT2D eigenvalue weighted by molar-refractivity contribution is 7.45. The number of phosphoric ester groups is 1. The van der Waals surface area contributed by atoms with Gasteiger partial charge in [-0.15, -0.1) is 0 Å². The minimum absolute atomic E-state index is 0.00469. The monoisotopic (exact) mass is 551 g/mol. The summed E-state index contributed by atoms with van der Waals surface area (Å²) < 4.78 is 28.7. The standard InChI is InChI=1S/C28H58NO7P/c1-6-8-9-10-11-12-13-14-15-16-17-18-19-20-22-26(27(25-30)35-28(31)21-7-2)36-37(32,33)34-24-23-29(3,4)5/h26-27,30H,6-25H2,1-5H3/t26?,27-/m0/s1. The van der Waals surface area contributed by atoms with Crippen LogP contribution in [-0.4, -0.2) is 68.7 Å². The largest absolute Gasteiger partial charge is 0.756 e. The SMILES string of the molecule is CCCCCCCCCCCCCCCCC(OP(=O)([O-])OCC[N+](C)(C)C)[C@H](CO)OC(=O)CCC. The van der Waals surface area contributed by atoms with Crippen LogP contribution >= 0.6 is 7.82 Å². The van der Waals surface area contributed by atoms with Crippen molar-refractivity contribution < 1.29 is 37.6 Å². The third-order valence-electron chi connectivity index (χ3n) is 6.45. The van der Waals surface area contributed by atoms with E-state index in [2.05, 4.69) is 6.92 Å². The van der Waals surface area contributed by atoms with Crippen molar-refractivity contribution >= 4 is 13.8 Å². The predicted octanol–water partition coefficient (Wildman–Crippen LogP) is 6.14. The summed E-state index contributed by atoms with van der Waals surface area (Å²) >= 11 is 0. The Morgan fingerprint density at radius 3 is 1.73 bits per heavy atom. The molecule has 2 unspecified atom stereocenters. The van der Waals surface area contributed by atoms with E-state index in [1.54, 1.807) is 0 Å². The molecule has 0 bridgehead atoms. The van der Waals surface area contributed by atoms with Gasteiger partial charge in [0, 0.05) is 6.42 Å². The summed E-state index contributed by atoms with van der Waals surface area (Å²) in [6, 6.07) is 0. The summed E-state index contributed by atoms with van der Waals surface area (Å²) in [5.41, 5.74) is 0. The second kappa shape index (κ2) is 22.3. The lowest BCUT2D eigenvalue weighted by atomic mass is 10.0. The fourth-order valence-corrected chi connectivity index (χ4v) is 5.07. The van der Waals surface area contributed by atoms with Crippen molar-refractivity contribution in [1.82, 2.24) is 0 Å². The van der Waals surface area contributed by atoms with E-state index in [1.165, 1.54) is 64.2 Å². The van der Waals surface area contributed by atoms with Gasteiger partial charge in [0.05, 0.1) is 27.7 Å². The van der Waals surface area contributed by atoms with Crippen LogP contribution in [0.5, 0.6) is 0 Å². The van der Waals surface area contributed by atoms with Crippen LogP contribution in [0.25, 0.3) is 0 Å². The number of ether oxygens (including phenoxy) is 1.